The third-order valence-electron chi connectivity index (χ3n) is 2.21. The Labute approximate surface area is 108 Å². The highest BCUT2D eigenvalue weighted by molar-refractivity contribution is 7.14. The molecule has 0 atom stereocenters. The molecule has 0 saturated carbocycles. The number of nitrogens with one attached hydrogen (secondary N) is 2. The molecule has 0 radical (unpaired) electrons. The Hall–Kier alpha value is -1.96. The number of rotatable bonds is 2. The molecule has 0 bridgehead atoms. The van der Waals surface area contributed by atoms with E-state index in [4.69, 9.17) is 5.73 Å². The molecule has 0 spiro atoms. The SMILES string of the molecule is CC(C)(C)c1csc(NC(=O)c2nc(N)n[nH]2)n1. The number of nitrogen functional groups attached to an aromatic ring is 1. The topological polar surface area (TPSA) is 110 Å². The van der Waals surface area contributed by atoms with E-state index in [2.05, 4.69) is 46.3 Å². The summed E-state index contributed by atoms with van der Waals surface area (Å²) in [6.07, 6.45) is 0. The number of nitrogens with zero attached hydrogens (tertiary/aromatic N) is 3. The normalized spacial score (nSPS) is 11.5. The van der Waals surface area contributed by atoms with Gasteiger partial charge in [0.25, 0.3) is 5.91 Å². The molecule has 2 aromatic rings. The molecule has 0 saturated heterocycles. The van der Waals surface area contributed by atoms with Crippen LogP contribution in [-0.2, 0) is 5.41 Å². The van der Waals surface area contributed by atoms with Gasteiger partial charge in [-0.05, 0) is 0 Å². The fourth-order valence-electron chi connectivity index (χ4n) is 1.21. The van der Waals surface area contributed by atoms with Gasteiger partial charge in [-0.25, -0.2) is 4.98 Å². The molecule has 8 heteroatoms. The number of carbonyl (C=O) groups excluding carboxylic acids is 1. The van der Waals surface area contributed by atoms with E-state index in [0.717, 1.165) is 5.69 Å². The summed E-state index contributed by atoms with van der Waals surface area (Å²) in [5.74, 6) is -0.302. The number of carbonyl (C=O) groups is 1. The monoisotopic (exact) mass is 266 g/mol. The zero-order chi connectivity index (χ0) is 13.3. The second kappa shape index (κ2) is 4.37. The molecule has 2 heterocycles. The van der Waals surface area contributed by atoms with Gasteiger partial charge in [-0.1, -0.05) is 20.8 Å². The molecule has 1 amide bonds. The molecular weight excluding hydrogens is 252 g/mol. The van der Waals surface area contributed by atoms with E-state index in [1.165, 1.54) is 11.3 Å². The number of amides is 1. The van der Waals surface area contributed by atoms with Crippen LogP contribution in [0.1, 0.15) is 37.1 Å². The maximum absolute atomic E-state index is 11.8. The molecule has 4 N–H and O–H groups in total. The van der Waals surface area contributed by atoms with Crippen LogP contribution in [0.15, 0.2) is 5.38 Å². The molecule has 18 heavy (non-hydrogen) atoms. The molecule has 0 aliphatic carbocycles. The minimum Gasteiger partial charge on any atom is -0.366 e. The standard InChI is InChI=1S/C10H14N6OS/c1-10(2,3)5-4-18-9(12-5)14-7(17)6-13-8(11)16-15-6/h4H,1-3H3,(H,12,14,17)(H3,11,13,15,16). The first-order valence-electron chi connectivity index (χ1n) is 5.31. The minimum atomic E-state index is -0.408. The van der Waals surface area contributed by atoms with E-state index < -0.39 is 5.91 Å². The largest absolute Gasteiger partial charge is 0.366 e. The van der Waals surface area contributed by atoms with Crippen LogP contribution in [0.4, 0.5) is 11.1 Å². The maximum atomic E-state index is 11.8. The van der Waals surface area contributed by atoms with Crippen LogP contribution in [0.3, 0.4) is 0 Å². The third-order valence-corrected chi connectivity index (χ3v) is 2.97. The lowest BCUT2D eigenvalue weighted by Gasteiger charge is -2.14. The lowest BCUT2D eigenvalue weighted by molar-refractivity contribution is 0.101. The quantitative estimate of drug-likeness (QED) is 0.761. The number of hydrogen-bond acceptors (Lipinski definition) is 6. The smallest absolute Gasteiger partial charge is 0.294 e. The van der Waals surface area contributed by atoms with Crippen LogP contribution in [0.25, 0.3) is 0 Å². The Morgan fingerprint density at radius 3 is 2.67 bits per heavy atom. The fraction of sp³-hybridized carbons (Fsp3) is 0.400. The van der Waals surface area contributed by atoms with Gasteiger partial charge < -0.3 is 5.73 Å². The lowest BCUT2D eigenvalue weighted by atomic mass is 9.93. The van der Waals surface area contributed by atoms with Gasteiger partial charge in [-0.2, -0.15) is 4.98 Å². The first-order valence-corrected chi connectivity index (χ1v) is 6.19. The van der Waals surface area contributed by atoms with Gasteiger partial charge in [0.1, 0.15) is 0 Å². The molecule has 0 aliphatic rings. The third kappa shape index (κ3) is 2.65. The van der Waals surface area contributed by atoms with Crippen LogP contribution in [-0.4, -0.2) is 26.1 Å². The molecule has 96 valence electrons. The van der Waals surface area contributed by atoms with E-state index in [1.807, 2.05) is 5.38 Å². The van der Waals surface area contributed by atoms with Crippen LogP contribution in [0.5, 0.6) is 0 Å². The van der Waals surface area contributed by atoms with Gasteiger partial charge >= 0.3 is 0 Å². The first-order chi connectivity index (χ1) is 8.36. The van der Waals surface area contributed by atoms with Gasteiger partial charge in [-0.15, -0.1) is 16.4 Å². The number of anilines is 2. The number of aromatic amines is 1. The summed E-state index contributed by atoms with van der Waals surface area (Å²) >= 11 is 1.37. The van der Waals surface area contributed by atoms with Crippen molar-refractivity contribution in [3.05, 3.63) is 16.9 Å². The van der Waals surface area contributed by atoms with Crippen molar-refractivity contribution in [2.45, 2.75) is 26.2 Å². The van der Waals surface area contributed by atoms with Crippen molar-refractivity contribution in [2.75, 3.05) is 11.1 Å². The number of thiazole rings is 1. The van der Waals surface area contributed by atoms with Crippen molar-refractivity contribution in [1.29, 1.82) is 0 Å². The van der Waals surface area contributed by atoms with Crippen molar-refractivity contribution < 1.29 is 4.79 Å². The number of aromatic nitrogens is 4. The van der Waals surface area contributed by atoms with Crippen LogP contribution < -0.4 is 11.1 Å². The summed E-state index contributed by atoms with van der Waals surface area (Å²) < 4.78 is 0. The summed E-state index contributed by atoms with van der Waals surface area (Å²) in [7, 11) is 0. The average molecular weight is 266 g/mol. The maximum Gasteiger partial charge on any atom is 0.294 e. The van der Waals surface area contributed by atoms with E-state index in [9.17, 15) is 4.79 Å². The second-order valence-corrected chi connectivity index (χ2v) is 5.64. The van der Waals surface area contributed by atoms with Crippen molar-refractivity contribution in [3.8, 4) is 0 Å². The predicted octanol–water partition coefficient (Wildman–Crippen LogP) is 1.39. The van der Waals surface area contributed by atoms with Crippen LogP contribution in [0.2, 0.25) is 0 Å². The molecule has 0 unspecified atom stereocenters. The van der Waals surface area contributed by atoms with Gasteiger partial charge in [-0.3, -0.25) is 15.2 Å². The summed E-state index contributed by atoms with van der Waals surface area (Å²) in [6.45, 7) is 6.18. The van der Waals surface area contributed by atoms with Gasteiger partial charge in [0.2, 0.25) is 11.8 Å². The Balaban J connectivity index is 2.10. The first kappa shape index (κ1) is 12.5. The summed E-state index contributed by atoms with van der Waals surface area (Å²) in [6, 6.07) is 0. The molecule has 0 aliphatic heterocycles. The van der Waals surface area contributed by atoms with Crippen molar-refractivity contribution in [3.63, 3.8) is 0 Å². The number of H-pyrrole nitrogens is 1. The van der Waals surface area contributed by atoms with E-state index in [0.29, 0.717) is 5.13 Å². The van der Waals surface area contributed by atoms with E-state index >= 15 is 0 Å². The molecule has 2 aromatic heterocycles. The molecule has 0 aromatic carbocycles. The Morgan fingerprint density at radius 1 is 1.44 bits per heavy atom. The minimum absolute atomic E-state index is 0.0367. The Morgan fingerprint density at radius 2 is 2.17 bits per heavy atom. The predicted molar refractivity (Wildman–Crippen MR) is 69.6 cm³/mol. The van der Waals surface area contributed by atoms with Gasteiger partial charge in [0.15, 0.2) is 5.13 Å². The van der Waals surface area contributed by atoms with Crippen molar-refractivity contribution in [1.82, 2.24) is 20.2 Å². The number of nitrogens with two attached hydrogens (primary N) is 1. The Kier molecular flexibility index (Phi) is 3.04. The van der Waals surface area contributed by atoms with Gasteiger partial charge in [0.05, 0.1) is 5.69 Å². The Bertz CT molecular complexity index is 567. The van der Waals surface area contributed by atoms with E-state index in [1.54, 1.807) is 0 Å². The zero-order valence-corrected chi connectivity index (χ0v) is 11.1. The summed E-state index contributed by atoms with van der Waals surface area (Å²) in [5.41, 5.74) is 6.21. The molecule has 7 nitrogen and oxygen atoms in total. The molecule has 2 rings (SSSR count). The number of hydrogen-bond donors (Lipinski definition) is 3. The zero-order valence-electron chi connectivity index (χ0n) is 10.3. The van der Waals surface area contributed by atoms with E-state index in [-0.39, 0.29) is 17.2 Å². The second-order valence-electron chi connectivity index (χ2n) is 4.78. The van der Waals surface area contributed by atoms with Crippen molar-refractivity contribution in [2.24, 2.45) is 0 Å². The average Bonchev–Trinajstić information content (AvgIpc) is 2.85. The van der Waals surface area contributed by atoms with Gasteiger partial charge in [0, 0.05) is 10.8 Å². The summed E-state index contributed by atoms with van der Waals surface area (Å²) in [4.78, 5) is 19.8. The highest BCUT2D eigenvalue weighted by Gasteiger charge is 2.19. The molecular formula is C10H14N6OS. The molecule has 0 fully saturated rings. The highest BCUT2D eigenvalue weighted by Crippen LogP contribution is 2.26. The summed E-state index contributed by atoms with van der Waals surface area (Å²) in [5, 5.41) is 11.1. The fourth-order valence-corrected chi connectivity index (χ4v) is 2.14. The van der Waals surface area contributed by atoms with Crippen LogP contribution in [0, 0.1) is 0 Å². The lowest BCUT2D eigenvalue weighted by Crippen LogP contribution is -2.15. The van der Waals surface area contributed by atoms with Crippen molar-refractivity contribution >= 4 is 28.3 Å². The van der Waals surface area contributed by atoms with Crippen LogP contribution >= 0.6 is 11.3 Å². The highest BCUT2D eigenvalue weighted by atomic mass is 32.1.